The zero-order valence-corrected chi connectivity index (χ0v) is 13.0. The van der Waals surface area contributed by atoms with Gasteiger partial charge in [0.15, 0.2) is 11.6 Å². The molecule has 0 radical (unpaired) electrons. The minimum atomic E-state index is -0.183. The Balaban J connectivity index is 2.04. The molecule has 110 valence electrons. The molecule has 0 amide bonds. The average Bonchev–Trinajstić information content (AvgIpc) is 2.40. The molecule has 0 saturated heterocycles. The van der Waals surface area contributed by atoms with Crippen molar-refractivity contribution in [3.63, 3.8) is 0 Å². The van der Waals surface area contributed by atoms with E-state index in [1.54, 1.807) is 6.20 Å². The second kappa shape index (κ2) is 6.99. The Kier molecular flexibility index (Phi) is 5.31. The fourth-order valence-corrected chi connectivity index (χ4v) is 2.50. The molecular formula is C13H19BrN4O2. The van der Waals surface area contributed by atoms with Crippen LogP contribution in [0, 0.1) is 0 Å². The molecule has 1 heterocycles. The summed E-state index contributed by atoms with van der Waals surface area (Å²) in [6.07, 6.45) is 4.82. The minimum absolute atomic E-state index is 0.0430. The Bertz CT molecular complexity index is 475. The molecule has 1 aliphatic rings. The van der Waals surface area contributed by atoms with Crippen LogP contribution in [0.5, 0.6) is 0 Å². The third-order valence-corrected chi connectivity index (χ3v) is 3.67. The first kappa shape index (κ1) is 15.2. The maximum absolute atomic E-state index is 11.1. The van der Waals surface area contributed by atoms with E-state index in [4.69, 9.17) is 0 Å². The molecule has 1 aromatic rings. The lowest BCUT2D eigenvalue weighted by Crippen LogP contribution is -2.29. The van der Waals surface area contributed by atoms with Crippen LogP contribution in [-0.2, 0) is 4.79 Å². The summed E-state index contributed by atoms with van der Waals surface area (Å²) in [5, 5.41) is 15.9. The number of aliphatic hydroxyl groups excluding tert-OH is 1. The van der Waals surface area contributed by atoms with Gasteiger partial charge in [0.2, 0.25) is 0 Å². The topological polar surface area (TPSA) is 87.1 Å². The van der Waals surface area contributed by atoms with Crippen LogP contribution in [0.2, 0.25) is 0 Å². The average molecular weight is 345 g/mol. The van der Waals surface area contributed by atoms with Gasteiger partial charge in [-0.15, -0.1) is 0 Å². The SMILES string of the molecule is C[13C](=O)[13CH2]Nc1ncc(Br)nc1NC1CCC(O)CC1. The number of hydrogen-bond donors (Lipinski definition) is 3. The minimum Gasteiger partial charge on any atom is -0.393 e. The van der Waals surface area contributed by atoms with Crippen molar-refractivity contribution >= 4 is 33.3 Å². The van der Waals surface area contributed by atoms with Gasteiger partial charge in [-0.05, 0) is 48.5 Å². The van der Waals surface area contributed by atoms with Gasteiger partial charge in [0, 0.05) is 6.04 Å². The number of nitrogens with one attached hydrogen (secondary N) is 2. The normalized spacial score (nSPS) is 22.4. The van der Waals surface area contributed by atoms with Crippen molar-refractivity contribution in [2.75, 3.05) is 17.2 Å². The lowest BCUT2D eigenvalue weighted by atomic mass is 9.93. The summed E-state index contributed by atoms with van der Waals surface area (Å²) in [4.78, 5) is 19.7. The summed E-state index contributed by atoms with van der Waals surface area (Å²) in [5.41, 5.74) is 0. The number of ketones is 1. The third-order valence-electron chi connectivity index (χ3n) is 3.29. The largest absolute Gasteiger partial charge is 0.393 e. The summed E-state index contributed by atoms with van der Waals surface area (Å²) in [7, 11) is 0. The number of anilines is 2. The molecule has 7 heteroatoms. The van der Waals surface area contributed by atoms with E-state index in [2.05, 4.69) is 36.5 Å². The number of hydrogen-bond acceptors (Lipinski definition) is 6. The van der Waals surface area contributed by atoms with E-state index >= 15 is 0 Å². The van der Waals surface area contributed by atoms with E-state index in [-0.39, 0.29) is 24.5 Å². The number of aliphatic hydroxyl groups is 1. The molecule has 0 atom stereocenters. The number of nitrogens with zero attached hydrogens (tertiary/aromatic N) is 2. The van der Waals surface area contributed by atoms with E-state index in [9.17, 15) is 9.90 Å². The summed E-state index contributed by atoms with van der Waals surface area (Å²) >= 11 is 3.30. The van der Waals surface area contributed by atoms with Crippen LogP contribution < -0.4 is 10.6 Å². The molecular weight excluding hydrogens is 326 g/mol. The van der Waals surface area contributed by atoms with Gasteiger partial charge in [-0.25, -0.2) is 9.97 Å². The van der Waals surface area contributed by atoms with Gasteiger partial charge in [0.05, 0.1) is 18.8 Å². The van der Waals surface area contributed by atoms with E-state index in [1.165, 1.54) is 6.92 Å². The Morgan fingerprint density at radius 2 is 2.10 bits per heavy atom. The van der Waals surface area contributed by atoms with Gasteiger partial charge in [-0.3, -0.25) is 4.79 Å². The first-order valence-corrected chi connectivity index (χ1v) is 7.54. The fraction of sp³-hybridized carbons (Fsp3) is 0.615. The second-order valence-electron chi connectivity index (χ2n) is 5.10. The first-order chi connectivity index (χ1) is 9.54. The van der Waals surface area contributed by atoms with Crippen molar-refractivity contribution in [2.24, 2.45) is 0 Å². The molecule has 1 aromatic heterocycles. The fourth-order valence-electron chi connectivity index (χ4n) is 2.22. The van der Waals surface area contributed by atoms with E-state index in [0.717, 1.165) is 25.7 Å². The zero-order chi connectivity index (χ0) is 14.5. The molecule has 20 heavy (non-hydrogen) atoms. The van der Waals surface area contributed by atoms with Crippen LogP contribution in [0.15, 0.2) is 10.8 Å². The van der Waals surface area contributed by atoms with Crippen LogP contribution in [0.4, 0.5) is 11.6 Å². The van der Waals surface area contributed by atoms with Gasteiger partial charge in [0.25, 0.3) is 0 Å². The third kappa shape index (κ3) is 4.42. The van der Waals surface area contributed by atoms with Crippen LogP contribution in [0.3, 0.4) is 0 Å². The highest BCUT2D eigenvalue weighted by Crippen LogP contribution is 2.25. The molecule has 3 N–H and O–H groups in total. The Morgan fingerprint density at radius 1 is 1.40 bits per heavy atom. The Morgan fingerprint density at radius 3 is 2.75 bits per heavy atom. The highest BCUT2D eigenvalue weighted by Gasteiger charge is 2.20. The van der Waals surface area contributed by atoms with Gasteiger partial charge in [0.1, 0.15) is 10.4 Å². The smallest absolute Gasteiger partial charge is 0.170 e. The van der Waals surface area contributed by atoms with E-state index in [1.807, 2.05) is 0 Å². The van der Waals surface area contributed by atoms with Crippen molar-refractivity contribution in [2.45, 2.75) is 44.8 Å². The predicted molar refractivity (Wildman–Crippen MR) is 80.8 cm³/mol. The van der Waals surface area contributed by atoms with Crippen LogP contribution in [0.1, 0.15) is 32.6 Å². The molecule has 0 aliphatic heterocycles. The standard InChI is InChI=1S/C13H19BrN4O2/c1-8(19)6-15-12-13(18-11(14)7-16-12)17-9-2-4-10(20)5-3-9/h7,9-10,20H,2-6H2,1H3,(H,15,16)(H,17,18)/i6+1,8+1. The molecule has 0 bridgehead atoms. The Hall–Kier alpha value is -1.21. The quantitative estimate of drug-likeness (QED) is 0.707. The van der Waals surface area contributed by atoms with Crippen LogP contribution >= 0.6 is 15.9 Å². The molecule has 0 unspecified atom stereocenters. The van der Waals surface area contributed by atoms with Crippen molar-refractivity contribution in [3.05, 3.63) is 10.8 Å². The maximum atomic E-state index is 11.1. The number of halogens is 1. The molecule has 0 aromatic carbocycles. The van der Waals surface area contributed by atoms with Crippen molar-refractivity contribution in [1.82, 2.24) is 9.97 Å². The molecule has 1 fully saturated rings. The van der Waals surface area contributed by atoms with Crippen LogP contribution in [-0.4, -0.2) is 39.5 Å². The van der Waals surface area contributed by atoms with E-state index < -0.39 is 0 Å². The van der Waals surface area contributed by atoms with E-state index in [0.29, 0.717) is 16.2 Å². The molecule has 1 aliphatic carbocycles. The second-order valence-corrected chi connectivity index (χ2v) is 5.91. The predicted octanol–water partition coefficient (Wildman–Crippen LogP) is 1.96. The number of Topliss-reactive ketones (excluding diaryl/α,β-unsaturated/α-hetero) is 1. The van der Waals surface area contributed by atoms with Gasteiger partial charge < -0.3 is 15.7 Å². The van der Waals surface area contributed by atoms with Gasteiger partial charge in [-0.2, -0.15) is 0 Å². The number of rotatable bonds is 5. The number of carbonyl (C=O) groups is 1. The Labute approximate surface area is 126 Å². The number of carbonyl (C=O) groups excluding carboxylic acids is 1. The molecule has 2 rings (SSSR count). The van der Waals surface area contributed by atoms with Crippen molar-refractivity contribution in [1.29, 1.82) is 0 Å². The summed E-state index contributed by atoms with van der Waals surface area (Å²) in [6, 6.07) is 0.278. The molecule has 1 saturated carbocycles. The zero-order valence-electron chi connectivity index (χ0n) is 11.4. The molecule has 0 spiro atoms. The monoisotopic (exact) mass is 344 g/mol. The highest BCUT2D eigenvalue weighted by atomic mass is 79.9. The molecule has 6 nitrogen and oxygen atoms in total. The number of aromatic nitrogens is 2. The maximum Gasteiger partial charge on any atom is 0.170 e. The lowest BCUT2D eigenvalue weighted by molar-refractivity contribution is -0.115. The summed E-state index contributed by atoms with van der Waals surface area (Å²) in [5.74, 6) is 1.26. The highest BCUT2D eigenvalue weighted by molar-refractivity contribution is 9.10. The van der Waals surface area contributed by atoms with Crippen LogP contribution in [0.25, 0.3) is 0 Å². The first-order valence-electron chi connectivity index (χ1n) is 6.75. The summed E-state index contributed by atoms with van der Waals surface area (Å²) < 4.78 is 0.643. The summed E-state index contributed by atoms with van der Waals surface area (Å²) in [6.45, 7) is 1.75. The van der Waals surface area contributed by atoms with Gasteiger partial charge >= 0.3 is 0 Å². The van der Waals surface area contributed by atoms with Crippen molar-refractivity contribution in [3.8, 4) is 0 Å². The lowest BCUT2D eigenvalue weighted by Gasteiger charge is -2.27. The van der Waals surface area contributed by atoms with Crippen molar-refractivity contribution < 1.29 is 9.90 Å². The van der Waals surface area contributed by atoms with Gasteiger partial charge in [-0.1, -0.05) is 0 Å².